The second-order valence-corrected chi connectivity index (χ2v) is 7.90. The number of tetrazole rings is 1. The van der Waals surface area contributed by atoms with Crippen LogP contribution in [0.25, 0.3) is 11.3 Å². The molecule has 0 aromatic carbocycles. The zero-order valence-corrected chi connectivity index (χ0v) is 17.1. The summed E-state index contributed by atoms with van der Waals surface area (Å²) < 4.78 is 0. The number of rotatable bonds is 8. The number of H-pyrrole nitrogens is 1. The van der Waals surface area contributed by atoms with Gasteiger partial charge in [0.1, 0.15) is 0 Å². The molecule has 1 aliphatic rings. The van der Waals surface area contributed by atoms with Gasteiger partial charge in [0.2, 0.25) is 5.95 Å². The molecule has 30 heavy (non-hydrogen) atoms. The maximum atomic E-state index is 12.2. The number of carboxylic acids is 1. The Morgan fingerprint density at radius 2 is 2.03 bits per heavy atom. The van der Waals surface area contributed by atoms with Crippen molar-refractivity contribution in [2.45, 2.75) is 32.1 Å². The lowest BCUT2D eigenvalue weighted by Gasteiger charge is -2.22. The normalized spacial score (nSPS) is 21.2. The largest absolute Gasteiger partial charge is 0.481 e. The van der Waals surface area contributed by atoms with Crippen LogP contribution >= 0.6 is 0 Å². The lowest BCUT2D eigenvalue weighted by molar-refractivity contribution is -0.145. The number of pyridine rings is 1. The van der Waals surface area contributed by atoms with E-state index in [0.29, 0.717) is 24.6 Å². The van der Waals surface area contributed by atoms with Crippen molar-refractivity contribution in [2.24, 2.45) is 11.3 Å². The monoisotopic (exact) mass is 408 g/mol. The first-order valence-corrected chi connectivity index (χ1v) is 9.87. The van der Waals surface area contributed by atoms with Gasteiger partial charge in [0.25, 0.3) is 0 Å². The molecule has 1 aliphatic carbocycles. The summed E-state index contributed by atoms with van der Waals surface area (Å²) >= 11 is 0. The predicted octanol–water partition coefficient (Wildman–Crippen LogP) is 1.94. The van der Waals surface area contributed by atoms with Crippen LogP contribution in [0.3, 0.4) is 0 Å². The Bertz CT molecular complexity index is 1000. The van der Waals surface area contributed by atoms with Crippen LogP contribution in [0.1, 0.15) is 37.1 Å². The first-order chi connectivity index (χ1) is 14.5. The Kier molecular flexibility index (Phi) is 5.15. The summed E-state index contributed by atoms with van der Waals surface area (Å²) in [6.45, 7) is 2.02. The van der Waals surface area contributed by atoms with Gasteiger partial charge in [0, 0.05) is 44.2 Å². The van der Waals surface area contributed by atoms with Crippen molar-refractivity contribution in [1.29, 1.82) is 0 Å². The first-order valence-electron chi connectivity index (χ1n) is 9.87. The second kappa shape index (κ2) is 7.77. The Hall–Kier alpha value is -3.43. The third-order valence-electron chi connectivity index (χ3n) is 5.94. The standard InChI is InChI=1S/C20H24N8O2/c1-4-14-8-20(14,18(29)30)15(17-24-26-27-25-17)7-12-5-6-16(21-9-12)13-10-22-19(23-11-13)28(2)3/h5-6,9-11,14-15H,4,7-8H2,1-3H3,(H,29,30)(H,24,25,26,27)/t14-,15+,20?/m0/s1. The topological polar surface area (TPSA) is 134 Å². The van der Waals surface area contributed by atoms with Crippen LogP contribution in [-0.2, 0) is 11.2 Å². The molecular formula is C20H24N8O2. The number of aliphatic carboxylic acids is 1. The van der Waals surface area contributed by atoms with Crippen LogP contribution in [0.5, 0.6) is 0 Å². The van der Waals surface area contributed by atoms with Crippen molar-refractivity contribution in [3.63, 3.8) is 0 Å². The summed E-state index contributed by atoms with van der Waals surface area (Å²) in [5.74, 6) is 0.0105. The van der Waals surface area contributed by atoms with Gasteiger partial charge in [-0.25, -0.2) is 9.97 Å². The molecule has 0 bridgehead atoms. The summed E-state index contributed by atoms with van der Waals surface area (Å²) in [4.78, 5) is 27.2. The molecule has 0 saturated heterocycles. The van der Waals surface area contributed by atoms with Crippen LogP contribution in [0, 0.1) is 11.3 Å². The highest BCUT2D eigenvalue weighted by molar-refractivity contribution is 5.80. The highest BCUT2D eigenvalue weighted by Crippen LogP contribution is 2.63. The van der Waals surface area contributed by atoms with Gasteiger partial charge in [-0.1, -0.05) is 24.6 Å². The van der Waals surface area contributed by atoms with Crippen molar-refractivity contribution in [2.75, 3.05) is 19.0 Å². The van der Waals surface area contributed by atoms with Gasteiger partial charge in [0.15, 0.2) is 5.82 Å². The molecule has 0 spiro atoms. The number of aromatic nitrogens is 7. The number of aromatic amines is 1. The molecular weight excluding hydrogens is 384 g/mol. The molecule has 10 heteroatoms. The van der Waals surface area contributed by atoms with E-state index in [9.17, 15) is 9.90 Å². The Balaban J connectivity index is 1.58. The number of anilines is 1. The lowest BCUT2D eigenvalue weighted by atomic mass is 9.81. The number of nitrogens with zero attached hydrogens (tertiary/aromatic N) is 7. The number of carbonyl (C=O) groups is 1. The molecule has 0 amide bonds. The van der Waals surface area contributed by atoms with Gasteiger partial charge in [-0.3, -0.25) is 9.78 Å². The average molecular weight is 408 g/mol. The van der Waals surface area contributed by atoms with Crippen molar-refractivity contribution < 1.29 is 9.90 Å². The molecule has 3 atom stereocenters. The SMILES string of the molecule is CC[C@H]1CC1(C(=O)O)[C@H](Cc1ccc(-c2cnc(N(C)C)nc2)nc1)c1nn[nH]n1. The van der Waals surface area contributed by atoms with E-state index in [4.69, 9.17) is 0 Å². The third kappa shape index (κ3) is 3.49. The summed E-state index contributed by atoms with van der Waals surface area (Å²) in [5.41, 5.74) is 1.64. The molecule has 1 unspecified atom stereocenters. The van der Waals surface area contributed by atoms with E-state index in [1.807, 2.05) is 38.1 Å². The molecule has 3 heterocycles. The van der Waals surface area contributed by atoms with E-state index in [-0.39, 0.29) is 11.8 Å². The molecule has 10 nitrogen and oxygen atoms in total. The van der Waals surface area contributed by atoms with Gasteiger partial charge in [0.05, 0.1) is 11.1 Å². The fourth-order valence-corrected chi connectivity index (χ4v) is 4.15. The second-order valence-electron chi connectivity index (χ2n) is 7.90. The van der Waals surface area contributed by atoms with Crippen LogP contribution in [0.4, 0.5) is 5.95 Å². The fourth-order valence-electron chi connectivity index (χ4n) is 4.15. The van der Waals surface area contributed by atoms with Crippen LogP contribution in [0.15, 0.2) is 30.7 Å². The van der Waals surface area contributed by atoms with Crippen molar-refractivity contribution >= 4 is 11.9 Å². The number of hydrogen-bond donors (Lipinski definition) is 2. The molecule has 1 fully saturated rings. The van der Waals surface area contributed by atoms with E-state index in [1.54, 1.807) is 18.6 Å². The predicted molar refractivity (Wildman–Crippen MR) is 109 cm³/mol. The Morgan fingerprint density at radius 3 is 2.53 bits per heavy atom. The summed E-state index contributed by atoms with van der Waals surface area (Å²) in [6, 6.07) is 3.85. The quantitative estimate of drug-likeness (QED) is 0.573. The van der Waals surface area contributed by atoms with Crippen molar-refractivity contribution in [1.82, 2.24) is 35.6 Å². The Labute approximate surface area is 173 Å². The smallest absolute Gasteiger partial charge is 0.310 e. The highest BCUT2D eigenvalue weighted by Gasteiger charge is 2.65. The maximum Gasteiger partial charge on any atom is 0.310 e. The summed E-state index contributed by atoms with van der Waals surface area (Å²) in [5, 5.41) is 24.3. The zero-order valence-electron chi connectivity index (χ0n) is 17.1. The van der Waals surface area contributed by atoms with Crippen molar-refractivity contribution in [3.8, 4) is 11.3 Å². The van der Waals surface area contributed by atoms with Gasteiger partial charge >= 0.3 is 5.97 Å². The minimum Gasteiger partial charge on any atom is -0.481 e. The molecule has 2 N–H and O–H groups in total. The molecule has 3 aromatic rings. The van der Waals surface area contributed by atoms with Crippen LogP contribution in [0.2, 0.25) is 0 Å². The van der Waals surface area contributed by atoms with Gasteiger partial charge in [-0.15, -0.1) is 10.2 Å². The molecule has 156 valence electrons. The molecule has 0 aliphatic heterocycles. The van der Waals surface area contributed by atoms with Crippen LogP contribution < -0.4 is 4.90 Å². The molecule has 3 aromatic heterocycles. The fraction of sp³-hybridized carbons (Fsp3) is 0.450. The average Bonchev–Trinajstić information content (AvgIpc) is 3.26. The highest BCUT2D eigenvalue weighted by atomic mass is 16.4. The lowest BCUT2D eigenvalue weighted by Crippen LogP contribution is -2.28. The molecule has 0 radical (unpaired) electrons. The summed E-state index contributed by atoms with van der Waals surface area (Å²) in [7, 11) is 3.77. The van der Waals surface area contributed by atoms with E-state index in [1.165, 1.54) is 0 Å². The zero-order chi connectivity index (χ0) is 21.3. The third-order valence-corrected chi connectivity index (χ3v) is 5.94. The van der Waals surface area contributed by atoms with Gasteiger partial charge in [-0.2, -0.15) is 5.21 Å². The molecule has 1 saturated carbocycles. The van der Waals surface area contributed by atoms with Gasteiger partial charge < -0.3 is 10.0 Å². The van der Waals surface area contributed by atoms with E-state index >= 15 is 0 Å². The number of hydrogen-bond acceptors (Lipinski definition) is 8. The Morgan fingerprint density at radius 1 is 1.27 bits per heavy atom. The first kappa shape index (κ1) is 19.9. The van der Waals surface area contributed by atoms with Gasteiger partial charge in [-0.05, 0) is 30.4 Å². The number of carboxylic acid groups (broad SMARTS) is 1. The van der Waals surface area contributed by atoms with Crippen LogP contribution in [-0.4, -0.2) is 60.7 Å². The van der Waals surface area contributed by atoms with E-state index in [0.717, 1.165) is 23.2 Å². The van der Waals surface area contributed by atoms with E-state index < -0.39 is 11.4 Å². The van der Waals surface area contributed by atoms with E-state index in [2.05, 4.69) is 35.6 Å². The maximum absolute atomic E-state index is 12.2. The minimum atomic E-state index is -0.854. The molecule has 4 rings (SSSR count). The summed E-state index contributed by atoms with van der Waals surface area (Å²) in [6.07, 6.45) is 7.15. The number of nitrogens with one attached hydrogen (secondary N) is 1. The minimum absolute atomic E-state index is 0.109. The van der Waals surface area contributed by atoms with Crippen molar-refractivity contribution in [3.05, 3.63) is 42.1 Å².